The minimum Gasteiger partial charge on any atom is -0.480 e. The number of hydrogen-bond donors (Lipinski definition) is 0. The van der Waals surface area contributed by atoms with Crippen LogP contribution in [0.5, 0.6) is 5.88 Å². The molecule has 0 fully saturated rings. The van der Waals surface area contributed by atoms with Gasteiger partial charge in [-0.05, 0) is 19.1 Å². The van der Waals surface area contributed by atoms with Gasteiger partial charge in [0, 0.05) is 7.05 Å². The van der Waals surface area contributed by atoms with Crippen molar-refractivity contribution in [2.45, 2.75) is 11.8 Å². The Bertz CT molecular complexity index is 751. The molecule has 0 saturated heterocycles. The van der Waals surface area contributed by atoms with E-state index in [1.54, 1.807) is 25.1 Å². The average Bonchev–Trinajstić information content (AvgIpc) is 2.50. The molecule has 0 aliphatic rings. The molecule has 6 nitrogen and oxygen atoms in total. The molecule has 0 bridgehead atoms. The summed E-state index contributed by atoms with van der Waals surface area (Å²) in [5.74, 6) is 0.131. The Morgan fingerprint density at radius 2 is 1.81 bits per heavy atom. The van der Waals surface area contributed by atoms with Gasteiger partial charge in [0.05, 0.1) is 17.7 Å². The smallest absolute Gasteiger partial charge is 0.266 e. The van der Waals surface area contributed by atoms with Crippen molar-refractivity contribution in [2.75, 3.05) is 18.5 Å². The quantitative estimate of drug-likeness (QED) is 0.861. The van der Waals surface area contributed by atoms with Crippen molar-refractivity contribution >= 4 is 27.6 Å². The molecule has 0 amide bonds. The fraction of sp³-hybridized carbons (Fsp3) is 0.231. The second-order valence-electron chi connectivity index (χ2n) is 4.22. The number of hydrogen-bond acceptors (Lipinski definition) is 5. The topological polar surface area (TPSA) is 72.4 Å². The van der Waals surface area contributed by atoms with Crippen molar-refractivity contribution in [3.8, 4) is 5.88 Å². The summed E-state index contributed by atoms with van der Waals surface area (Å²) >= 11 is 5.98. The number of rotatable bonds is 4. The van der Waals surface area contributed by atoms with Gasteiger partial charge in [0.15, 0.2) is 0 Å². The van der Waals surface area contributed by atoms with Crippen molar-refractivity contribution in [1.29, 1.82) is 0 Å². The minimum absolute atomic E-state index is 0.00222. The monoisotopic (exact) mass is 327 g/mol. The number of benzene rings is 1. The van der Waals surface area contributed by atoms with Crippen molar-refractivity contribution in [3.63, 3.8) is 0 Å². The van der Waals surface area contributed by atoms with Gasteiger partial charge in [-0.1, -0.05) is 29.8 Å². The van der Waals surface area contributed by atoms with Crippen LogP contribution in [0.4, 0.5) is 5.95 Å². The number of methoxy groups -OCH3 is 1. The Hall–Kier alpha value is -1.86. The largest absolute Gasteiger partial charge is 0.480 e. The van der Waals surface area contributed by atoms with E-state index < -0.39 is 10.0 Å². The molecule has 0 spiro atoms. The Morgan fingerprint density at radius 3 is 2.38 bits per heavy atom. The Balaban J connectivity index is 2.50. The first-order chi connectivity index (χ1) is 9.87. The lowest BCUT2D eigenvalue weighted by Crippen LogP contribution is -2.28. The van der Waals surface area contributed by atoms with Crippen LogP contribution in [-0.2, 0) is 10.0 Å². The molecular formula is C13H14ClN3O3S. The lowest BCUT2D eigenvalue weighted by molar-refractivity contribution is 0.397. The molecular weight excluding hydrogens is 314 g/mol. The van der Waals surface area contributed by atoms with E-state index in [1.165, 1.54) is 26.3 Å². The first kappa shape index (κ1) is 15.5. The van der Waals surface area contributed by atoms with Crippen molar-refractivity contribution in [3.05, 3.63) is 41.0 Å². The maximum atomic E-state index is 12.5. The van der Waals surface area contributed by atoms with Gasteiger partial charge in [0.2, 0.25) is 11.8 Å². The summed E-state index contributed by atoms with van der Waals surface area (Å²) in [6.07, 6.45) is 0. The van der Waals surface area contributed by atoms with Crippen molar-refractivity contribution < 1.29 is 13.2 Å². The van der Waals surface area contributed by atoms with Gasteiger partial charge < -0.3 is 4.74 Å². The van der Waals surface area contributed by atoms with Crippen LogP contribution in [0.2, 0.25) is 5.02 Å². The molecule has 0 aliphatic heterocycles. The minimum atomic E-state index is -3.74. The third-order valence-electron chi connectivity index (χ3n) is 2.85. The van der Waals surface area contributed by atoms with E-state index in [0.717, 1.165) is 4.31 Å². The van der Waals surface area contributed by atoms with Gasteiger partial charge in [-0.15, -0.1) is 0 Å². The van der Waals surface area contributed by atoms with Gasteiger partial charge in [0.25, 0.3) is 10.0 Å². The Labute approximate surface area is 128 Å². The molecule has 0 N–H and O–H groups in total. The lowest BCUT2D eigenvalue weighted by Gasteiger charge is -2.18. The van der Waals surface area contributed by atoms with E-state index in [1.807, 2.05) is 0 Å². The van der Waals surface area contributed by atoms with E-state index in [0.29, 0.717) is 5.69 Å². The number of anilines is 1. The number of halogens is 1. The molecule has 1 heterocycles. The van der Waals surface area contributed by atoms with E-state index in [9.17, 15) is 8.42 Å². The highest BCUT2D eigenvalue weighted by Crippen LogP contribution is 2.28. The molecule has 1 aromatic carbocycles. The summed E-state index contributed by atoms with van der Waals surface area (Å²) < 4.78 is 31.0. The first-order valence-electron chi connectivity index (χ1n) is 6.00. The molecule has 2 rings (SSSR count). The molecule has 8 heteroatoms. The number of nitrogens with zero attached hydrogens (tertiary/aromatic N) is 3. The van der Waals surface area contributed by atoms with Crippen LogP contribution in [0, 0.1) is 6.92 Å². The Morgan fingerprint density at radius 1 is 1.19 bits per heavy atom. The van der Waals surface area contributed by atoms with Gasteiger partial charge in [-0.3, -0.25) is 0 Å². The summed E-state index contributed by atoms with van der Waals surface area (Å²) in [4.78, 5) is 8.28. The highest BCUT2D eigenvalue weighted by atomic mass is 35.5. The van der Waals surface area contributed by atoms with E-state index in [4.69, 9.17) is 16.3 Å². The van der Waals surface area contributed by atoms with Crippen molar-refractivity contribution in [1.82, 2.24) is 9.97 Å². The van der Waals surface area contributed by atoms with E-state index in [-0.39, 0.29) is 21.7 Å². The highest BCUT2D eigenvalue weighted by molar-refractivity contribution is 7.92. The average molecular weight is 328 g/mol. The normalized spacial score (nSPS) is 11.2. The standard InChI is InChI=1S/C13H14ClN3O3S/c1-9-11(14)12(20-3)16-13(15-9)17(2)21(18,19)10-7-5-4-6-8-10/h4-8H,1-3H3. The summed E-state index contributed by atoms with van der Waals surface area (Å²) in [6.45, 7) is 1.65. The van der Waals surface area contributed by atoms with Crippen molar-refractivity contribution in [2.24, 2.45) is 0 Å². The molecule has 0 saturated carbocycles. The van der Waals surface area contributed by atoms with E-state index >= 15 is 0 Å². The zero-order valence-electron chi connectivity index (χ0n) is 11.7. The molecule has 0 aliphatic carbocycles. The highest BCUT2D eigenvalue weighted by Gasteiger charge is 2.24. The first-order valence-corrected chi connectivity index (χ1v) is 7.82. The van der Waals surface area contributed by atoms with Crippen LogP contribution in [0.1, 0.15) is 5.69 Å². The van der Waals surface area contributed by atoms with Crippen LogP contribution < -0.4 is 9.04 Å². The fourth-order valence-electron chi connectivity index (χ4n) is 1.65. The lowest BCUT2D eigenvalue weighted by atomic mass is 10.4. The molecule has 0 atom stereocenters. The number of aryl methyl sites for hydroxylation is 1. The molecule has 112 valence electrons. The molecule has 0 unspecified atom stereocenters. The van der Waals surface area contributed by atoms with Gasteiger partial charge in [0.1, 0.15) is 5.02 Å². The third-order valence-corrected chi connectivity index (χ3v) is 5.04. The van der Waals surface area contributed by atoms with Gasteiger partial charge >= 0.3 is 0 Å². The van der Waals surface area contributed by atoms with Crippen LogP contribution in [0.3, 0.4) is 0 Å². The molecule has 2 aromatic rings. The van der Waals surface area contributed by atoms with E-state index in [2.05, 4.69) is 9.97 Å². The number of ether oxygens (including phenoxy) is 1. The second kappa shape index (κ2) is 5.87. The summed E-state index contributed by atoms with van der Waals surface area (Å²) in [5, 5.41) is 0.256. The van der Waals surface area contributed by atoms with Crippen LogP contribution >= 0.6 is 11.6 Å². The van der Waals surface area contributed by atoms with Gasteiger partial charge in [-0.25, -0.2) is 17.7 Å². The molecule has 1 aromatic heterocycles. The predicted molar refractivity (Wildman–Crippen MR) is 80.4 cm³/mol. The fourth-order valence-corrected chi connectivity index (χ4v) is 2.93. The Kier molecular flexibility index (Phi) is 4.34. The SMILES string of the molecule is COc1nc(N(C)S(=O)(=O)c2ccccc2)nc(C)c1Cl. The molecule has 0 radical (unpaired) electrons. The van der Waals surface area contributed by atoms with Crippen LogP contribution in [0.25, 0.3) is 0 Å². The summed E-state index contributed by atoms with van der Waals surface area (Å²) in [7, 11) is -0.952. The second-order valence-corrected chi connectivity index (χ2v) is 6.57. The predicted octanol–water partition coefficient (Wildman–Crippen LogP) is 2.27. The maximum absolute atomic E-state index is 12.5. The van der Waals surface area contributed by atoms with Gasteiger partial charge in [-0.2, -0.15) is 4.98 Å². The zero-order chi connectivity index (χ0) is 15.6. The number of aromatic nitrogens is 2. The summed E-state index contributed by atoms with van der Waals surface area (Å²) in [5.41, 5.74) is 0.439. The summed E-state index contributed by atoms with van der Waals surface area (Å²) in [6, 6.07) is 8.05. The zero-order valence-corrected chi connectivity index (χ0v) is 13.3. The molecule has 21 heavy (non-hydrogen) atoms. The third kappa shape index (κ3) is 2.93. The van der Waals surface area contributed by atoms with Crippen LogP contribution in [0.15, 0.2) is 35.2 Å². The van der Waals surface area contributed by atoms with Crippen LogP contribution in [-0.4, -0.2) is 32.5 Å². The maximum Gasteiger partial charge on any atom is 0.266 e. The number of sulfonamides is 1.